The van der Waals surface area contributed by atoms with E-state index in [0.717, 1.165) is 19.3 Å². The smallest absolute Gasteiger partial charge is 0.303 e. The Hall–Kier alpha value is -1.31. The summed E-state index contributed by atoms with van der Waals surface area (Å²) >= 11 is 0. The van der Waals surface area contributed by atoms with E-state index in [2.05, 4.69) is 38.1 Å². The fourth-order valence-corrected chi connectivity index (χ4v) is 2.06. The Bertz CT molecular complexity index is 367. The zero-order valence-electron chi connectivity index (χ0n) is 11.6. The summed E-state index contributed by atoms with van der Waals surface area (Å²) in [5.41, 5.74) is 2.69. The van der Waals surface area contributed by atoms with Crippen LogP contribution in [-0.4, -0.2) is 11.1 Å². The van der Waals surface area contributed by atoms with Crippen LogP contribution in [0.1, 0.15) is 57.1 Å². The Balaban J connectivity index is 2.46. The Labute approximate surface area is 110 Å². The Kier molecular flexibility index (Phi) is 5.90. The molecule has 0 saturated carbocycles. The van der Waals surface area contributed by atoms with Gasteiger partial charge in [0.05, 0.1) is 0 Å². The second-order valence-corrected chi connectivity index (χ2v) is 5.29. The molecule has 0 fully saturated rings. The molecule has 0 heterocycles. The van der Waals surface area contributed by atoms with Crippen LogP contribution in [0.5, 0.6) is 0 Å². The number of aliphatic carboxylic acids is 1. The molecule has 0 aliphatic heterocycles. The lowest BCUT2D eigenvalue weighted by Gasteiger charge is -2.11. The summed E-state index contributed by atoms with van der Waals surface area (Å²) in [7, 11) is 0. The summed E-state index contributed by atoms with van der Waals surface area (Å²) < 4.78 is 0. The number of carboxylic acid groups (broad SMARTS) is 1. The van der Waals surface area contributed by atoms with Crippen molar-refractivity contribution in [3.05, 3.63) is 35.4 Å². The average molecular weight is 248 g/mol. The van der Waals surface area contributed by atoms with Crippen molar-refractivity contribution in [2.45, 2.75) is 52.4 Å². The van der Waals surface area contributed by atoms with Crippen LogP contribution < -0.4 is 0 Å². The molecule has 1 aromatic carbocycles. The van der Waals surface area contributed by atoms with Crippen LogP contribution in [0.15, 0.2) is 24.3 Å². The molecule has 2 unspecified atom stereocenters. The van der Waals surface area contributed by atoms with Crippen LogP contribution in [0.25, 0.3) is 0 Å². The number of rotatable bonds is 7. The summed E-state index contributed by atoms with van der Waals surface area (Å²) in [5.74, 6) is 0.163. The molecule has 0 aromatic heterocycles. The van der Waals surface area contributed by atoms with Crippen molar-refractivity contribution in [3.8, 4) is 0 Å². The van der Waals surface area contributed by atoms with Gasteiger partial charge in [0.2, 0.25) is 0 Å². The maximum absolute atomic E-state index is 10.6. The third-order valence-corrected chi connectivity index (χ3v) is 3.61. The first kappa shape index (κ1) is 14.7. The molecule has 1 rings (SSSR count). The second-order valence-electron chi connectivity index (χ2n) is 5.29. The highest BCUT2D eigenvalue weighted by Gasteiger charge is 2.08. The summed E-state index contributed by atoms with van der Waals surface area (Å²) in [5, 5.41) is 8.71. The number of hydrogen-bond donors (Lipinski definition) is 1. The standard InChI is InChI=1S/C16H24O2/c1-4-13(3)15-9-7-14(8-10-15)6-5-12(2)11-16(17)18/h7-10,12-13H,4-6,11H2,1-3H3,(H,17,18). The van der Waals surface area contributed by atoms with Gasteiger partial charge < -0.3 is 5.11 Å². The predicted octanol–water partition coefficient (Wildman–Crippen LogP) is 4.24. The van der Waals surface area contributed by atoms with E-state index in [0.29, 0.717) is 5.92 Å². The van der Waals surface area contributed by atoms with Gasteiger partial charge in [0.25, 0.3) is 0 Å². The van der Waals surface area contributed by atoms with Gasteiger partial charge in [-0.25, -0.2) is 0 Å². The third kappa shape index (κ3) is 4.91. The van der Waals surface area contributed by atoms with Crippen molar-refractivity contribution in [1.29, 1.82) is 0 Å². The SMILES string of the molecule is CCC(C)c1ccc(CCC(C)CC(=O)O)cc1. The summed E-state index contributed by atoms with van der Waals surface area (Å²) in [6, 6.07) is 8.75. The van der Waals surface area contributed by atoms with Crippen LogP contribution in [-0.2, 0) is 11.2 Å². The number of aryl methyl sites for hydroxylation is 1. The van der Waals surface area contributed by atoms with Crippen molar-refractivity contribution in [1.82, 2.24) is 0 Å². The zero-order chi connectivity index (χ0) is 13.5. The van der Waals surface area contributed by atoms with Gasteiger partial charge in [0.1, 0.15) is 0 Å². The molecular formula is C16H24O2. The van der Waals surface area contributed by atoms with E-state index in [1.54, 1.807) is 0 Å². The molecule has 2 heteroatoms. The zero-order valence-corrected chi connectivity index (χ0v) is 11.6. The first-order valence-corrected chi connectivity index (χ1v) is 6.83. The highest BCUT2D eigenvalue weighted by Crippen LogP contribution is 2.20. The molecule has 0 amide bonds. The highest BCUT2D eigenvalue weighted by molar-refractivity contribution is 5.66. The molecule has 0 aliphatic carbocycles. The van der Waals surface area contributed by atoms with Gasteiger partial charge in [-0.1, -0.05) is 45.0 Å². The molecule has 0 spiro atoms. The van der Waals surface area contributed by atoms with Crippen molar-refractivity contribution in [3.63, 3.8) is 0 Å². The van der Waals surface area contributed by atoms with Gasteiger partial charge in [-0.2, -0.15) is 0 Å². The van der Waals surface area contributed by atoms with Crippen molar-refractivity contribution in [2.24, 2.45) is 5.92 Å². The number of hydrogen-bond acceptors (Lipinski definition) is 1. The minimum atomic E-state index is -0.699. The molecule has 0 saturated heterocycles. The molecule has 2 nitrogen and oxygen atoms in total. The molecule has 100 valence electrons. The topological polar surface area (TPSA) is 37.3 Å². The van der Waals surface area contributed by atoms with E-state index in [4.69, 9.17) is 5.11 Å². The van der Waals surface area contributed by atoms with Crippen LogP contribution in [0.3, 0.4) is 0 Å². The fourth-order valence-electron chi connectivity index (χ4n) is 2.06. The van der Waals surface area contributed by atoms with Gasteiger partial charge in [0.15, 0.2) is 0 Å². The molecule has 0 aliphatic rings. The fraction of sp³-hybridized carbons (Fsp3) is 0.562. The Morgan fingerprint density at radius 1 is 1.22 bits per heavy atom. The van der Waals surface area contributed by atoms with E-state index < -0.39 is 5.97 Å². The van der Waals surface area contributed by atoms with Crippen LogP contribution in [0, 0.1) is 5.92 Å². The van der Waals surface area contributed by atoms with Gasteiger partial charge in [-0.15, -0.1) is 0 Å². The van der Waals surface area contributed by atoms with E-state index >= 15 is 0 Å². The van der Waals surface area contributed by atoms with Gasteiger partial charge in [-0.05, 0) is 42.2 Å². The maximum atomic E-state index is 10.6. The maximum Gasteiger partial charge on any atom is 0.303 e. The van der Waals surface area contributed by atoms with Crippen molar-refractivity contribution < 1.29 is 9.90 Å². The highest BCUT2D eigenvalue weighted by atomic mass is 16.4. The molecule has 2 atom stereocenters. The van der Waals surface area contributed by atoms with Crippen molar-refractivity contribution >= 4 is 5.97 Å². The minimum absolute atomic E-state index is 0.247. The normalized spacial score (nSPS) is 14.2. The lowest BCUT2D eigenvalue weighted by Crippen LogP contribution is -2.05. The monoisotopic (exact) mass is 248 g/mol. The van der Waals surface area contributed by atoms with Crippen LogP contribution in [0.4, 0.5) is 0 Å². The van der Waals surface area contributed by atoms with E-state index in [-0.39, 0.29) is 12.3 Å². The lowest BCUT2D eigenvalue weighted by atomic mass is 9.94. The number of carbonyl (C=O) groups is 1. The van der Waals surface area contributed by atoms with E-state index in [1.807, 2.05) is 6.92 Å². The largest absolute Gasteiger partial charge is 0.481 e. The van der Waals surface area contributed by atoms with Gasteiger partial charge in [-0.3, -0.25) is 4.79 Å². The number of benzene rings is 1. The van der Waals surface area contributed by atoms with Crippen LogP contribution >= 0.6 is 0 Å². The van der Waals surface area contributed by atoms with Gasteiger partial charge in [0, 0.05) is 6.42 Å². The summed E-state index contributed by atoms with van der Waals surface area (Å²) in [4.78, 5) is 10.6. The Morgan fingerprint density at radius 2 is 1.83 bits per heavy atom. The molecule has 0 bridgehead atoms. The molecule has 0 radical (unpaired) electrons. The molecule has 18 heavy (non-hydrogen) atoms. The second kappa shape index (κ2) is 7.20. The van der Waals surface area contributed by atoms with E-state index in [1.165, 1.54) is 11.1 Å². The average Bonchev–Trinajstić information content (AvgIpc) is 2.35. The Morgan fingerprint density at radius 3 is 2.33 bits per heavy atom. The van der Waals surface area contributed by atoms with Crippen molar-refractivity contribution in [2.75, 3.05) is 0 Å². The molecular weight excluding hydrogens is 224 g/mol. The summed E-state index contributed by atoms with van der Waals surface area (Å²) in [6.45, 7) is 6.44. The minimum Gasteiger partial charge on any atom is -0.481 e. The quantitative estimate of drug-likeness (QED) is 0.783. The van der Waals surface area contributed by atoms with E-state index in [9.17, 15) is 4.79 Å². The lowest BCUT2D eigenvalue weighted by molar-refractivity contribution is -0.138. The van der Waals surface area contributed by atoms with Gasteiger partial charge >= 0.3 is 5.97 Å². The predicted molar refractivity (Wildman–Crippen MR) is 74.9 cm³/mol. The number of carboxylic acids is 1. The molecule has 1 N–H and O–H groups in total. The summed E-state index contributed by atoms with van der Waals surface area (Å²) in [6.07, 6.45) is 3.34. The third-order valence-electron chi connectivity index (χ3n) is 3.61. The van der Waals surface area contributed by atoms with Crippen LogP contribution in [0.2, 0.25) is 0 Å². The molecule has 1 aromatic rings. The first-order valence-electron chi connectivity index (χ1n) is 6.83. The first-order chi connectivity index (χ1) is 8.52.